The minimum atomic E-state index is -0.586. The van der Waals surface area contributed by atoms with E-state index in [1.165, 1.54) is 6.07 Å². The van der Waals surface area contributed by atoms with Crippen molar-refractivity contribution in [3.8, 4) is 0 Å². The van der Waals surface area contributed by atoms with Gasteiger partial charge in [-0.15, -0.1) is 0 Å². The van der Waals surface area contributed by atoms with Crippen molar-refractivity contribution in [3.05, 3.63) is 35.6 Å². The summed E-state index contributed by atoms with van der Waals surface area (Å²) in [6.07, 6.45) is 1.81. The molecule has 2 amide bonds. The molecule has 2 saturated heterocycles. The van der Waals surface area contributed by atoms with Gasteiger partial charge in [0.1, 0.15) is 5.82 Å². The fraction of sp³-hybridized carbons (Fsp3) is 0.556. The number of nitrogens with two attached hydrogens (primary N) is 1. The van der Waals surface area contributed by atoms with Gasteiger partial charge < -0.3 is 15.5 Å². The molecule has 1 aromatic carbocycles. The largest absolute Gasteiger partial charge is 0.369 e. The number of benzene rings is 1. The lowest BCUT2D eigenvalue weighted by Gasteiger charge is -2.47. The molecule has 0 bridgehead atoms. The van der Waals surface area contributed by atoms with Crippen LogP contribution in [0.5, 0.6) is 0 Å². The number of halogens is 1. The second kappa shape index (κ2) is 6.51. The van der Waals surface area contributed by atoms with Crippen LogP contribution in [0.25, 0.3) is 0 Å². The average Bonchev–Trinajstić information content (AvgIpc) is 2.50. The monoisotopic (exact) mass is 333 g/mol. The van der Waals surface area contributed by atoms with Crippen molar-refractivity contribution in [1.82, 2.24) is 9.80 Å². The van der Waals surface area contributed by atoms with E-state index in [1.807, 2.05) is 7.05 Å². The Morgan fingerprint density at radius 1 is 1.25 bits per heavy atom. The summed E-state index contributed by atoms with van der Waals surface area (Å²) in [5.41, 5.74) is 5.30. The van der Waals surface area contributed by atoms with E-state index in [-0.39, 0.29) is 23.5 Å². The van der Waals surface area contributed by atoms with Gasteiger partial charge in [0.2, 0.25) is 11.8 Å². The molecule has 6 heteroatoms. The topological polar surface area (TPSA) is 66.6 Å². The predicted octanol–water partition coefficient (Wildman–Crippen LogP) is 1.02. The molecular formula is C18H24FN3O2. The van der Waals surface area contributed by atoms with E-state index < -0.39 is 5.41 Å². The molecule has 0 saturated carbocycles. The lowest BCUT2D eigenvalue weighted by molar-refractivity contribution is -0.154. The van der Waals surface area contributed by atoms with Gasteiger partial charge in [-0.2, -0.15) is 0 Å². The maximum absolute atomic E-state index is 14.1. The van der Waals surface area contributed by atoms with Crippen LogP contribution >= 0.6 is 0 Å². The highest BCUT2D eigenvalue weighted by atomic mass is 19.1. The van der Waals surface area contributed by atoms with E-state index in [1.54, 1.807) is 23.1 Å². The zero-order chi connectivity index (χ0) is 17.3. The Balaban J connectivity index is 1.80. The van der Waals surface area contributed by atoms with Crippen LogP contribution in [0.1, 0.15) is 18.4 Å². The number of hydrogen-bond donors (Lipinski definition) is 1. The molecule has 1 aromatic rings. The summed E-state index contributed by atoms with van der Waals surface area (Å²) in [5, 5.41) is 0. The van der Waals surface area contributed by atoms with Gasteiger partial charge in [0.25, 0.3) is 0 Å². The zero-order valence-electron chi connectivity index (χ0n) is 14.0. The lowest BCUT2D eigenvalue weighted by atomic mass is 9.71. The number of amides is 2. The van der Waals surface area contributed by atoms with Crippen molar-refractivity contribution in [2.24, 2.45) is 17.1 Å². The van der Waals surface area contributed by atoms with Crippen molar-refractivity contribution in [2.75, 3.05) is 33.2 Å². The van der Waals surface area contributed by atoms with Gasteiger partial charge in [0.15, 0.2) is 0 Å². The number of nitrogens with zero attached hydrogens (tertiary/aromatic N) is 2. The molecule has 5 nitrogen and oxygen atoms in total. The first kappa shape index (κ1) is 16.9. The minimum Gasteiger partial charge on any atom is -0.369 e. The van der Waals surface area contributed by atoms with Crippen LogP contribution in [0.15, 0.2) is 24.3 Å². The smallest absolute Gasteiger partial charge is 0.229 e. The first-order chi connectivity index (χ1) is 11.4. The van der Waals surface area contributed by atoms with Crippen LogP contribution in [0.2, 0.25) is 0 Å². The molecule has 130 valence electrons. The third kappa shape index (κ3) is 3.15. The Hall–Kier alpha value is -1.95. The van der Waals surface area contributed by atoms with E-state index in [0.717, 1.165) is 13.1 Å². The fourth-order valence-electron chi connectivity index (χ4n) is 3.68. The summed E-state index contributed by atoms with van der Waals surface area (Å²) >= 11 is 0. The molecule has 0 spiro atoms. The molecule has 0 radical (unpaired) electrons. The van der Waals surface area contributed by atoms with Crippen LogP contribution in [-0.2, 0) is 16.0 Å². The van der Waals surface area contributed by atoms with Crippen LogP contribution in [0.4, 0.5) is 4.39 Å². The first-order valence-electron chi connectivity index (χ1n) is 8.42. The molecule has 2 heterocycles. The van der Waals surface area contributed by atoms with Crippen LogP contribution in [0, 0.1) is 17.2 Å². The maximum Gasteiger partial charge on any atom is 0.229 e. The Morgan fingerprint density at radius 3 is 2.46 bits per heavy atom. The fourth-order valence-corrected chi connectivity index (χ4v) is 3.68. The highest BCUT2D eigenvalue weighted by Crippen LogP contribution is 2.39. The van der Waals surface area contributed by atoms with E-state index in [9.17, 15) is 14.0 Å². The quantitative estimate of drug-likeness (QED) is 0.895. The van der Waals surface area contributed by atoms with Gasteiger partial charge in [-0.1, -0.05) is 18.2 Å². The van der Waals surface area contributed by atoms with Gasteiger partial charge in [0, 0.05) is 13.1 Å². The van der Waals surface area contributed by atoms with Crippen LogP contribution < -0.4 is 5.73 Å². The highest BCUT2D eigenvalue weighted by Gasteiger charge is 2.47. The van der Waals surface area contributed by atoms with Crippen LogP contribution in [0.3, 0.4) is 0 Å². The Kier molecular flexibility index (Phi) is 4.58. The number of rotatable bonds is 4. The molecule has 0 aromatic heterocycles. The predicted molar refractivity (Wildman–Crippen MR) is 88.5 cm³/mol. The van der Waals surface area contributed by atoms with Crippen molar-refractivity contribution < 1.29 is 14.0 Å². The zero-order valence-corrected chi connectivity index (χ0v) is 14.0. The SMILES string of the molecule is CN1CCC(Cc2ccccc2F)(C(=O)N2CC(C(N)=O)C2)CC1. The molecule has 0 atom stereocenters. The standard InChI is InChI=1S/C18H24FN3O2/c1-21-8-6-18(7-9-21,10-13-4-2-3-5-15(13)19)17(24)22-11-14(12-22)16(20)23/h2-5,14H,6-12H2,1H3,(H2,20,23). The Morgan fingerprint density at radius 2 is 1.88 bits per heavy atom. The Bertz CT molecular complexity index is 635. The molecule has 0 unspecified atom stereocenters. The number of carbonyl (C=O) groups is 2. The summed E-state index contributed by atoms with van der Waals surface area (Å²) in [4.78, 5) is 28.2. The maximum atomic E-state index is 14.1. The van der Waals surface area contributed by atoms with Gasteiger partial charge in [0.05, 0.1) is 11.3 Å². The van der Waals surface area contributed by atoms with Gasteiger partial charge in [-0.25, -0.2) is 4.39 Å². The molecule has 2 fully saturated rings. The second-order valence-corrected chi connectivity index (χ2v) is 7.16. The van der Waals surface area contributed by atoms with Gasteiger partial charge in [-0.05, 0) is 51.0 Å². The van der Waals surface area contributed by atoms with Crippen LogP contribution in [-0.4, -0.2) is 54.8 Å². The van der Waals surface area contributed by atoms with E-state index in [2.05, 4.69) is 4.90 Å². The summed E-state index contributed by atoms with van der Waals surface area (Å²) in [6, 6.07) is 6.66. The minimum absolute atomic E-state index is 0.0383. The Labute approximate surface area is 141 Å². The van der Waals surface area contributed by atoms with Crippen molar-refractivity contribution in [2.45, 2.75) is 19.3 Å². The number of piperidine rings is 1. The third-order valence-corrected chi connectivity index (χ3v) is 5.46. The first-order valence-corrected chi connectivity index (χ1v) is 8.42. The van der Waals surface area contributed by atoms with Gasteiger partial charge >= 0.3 is 0 Å². The van der Waals surface area contributed by atoms with E-state index >= 15 is 0 Å². The molecular weight excluding hydrogens is 309 g/mol. The number of likely N-dealkylation sites (tertiary alicyclic amines) is 2. The second-order valence-electron chi connectivity index (χ2n) is 7.16. The molecule has 2 aliphatic rings. The number of hydrogen-bond acceptors (Lipinski definition) is 3. The van der Waals surface area contributed by atoms with E-state index in [0.29, 0.717) is 37.9 Å². The summed E-state index contributed by atoms with van der Waals surface area (Å²) < 4.78 is 14.1. The molecule has 2 aliphatic heterocycles. The molecule has 2 N–H and O–H groups in total. The van der Waals surface area contributed by atoms with Crippen molar-refractivity contribution in [3.63, 3.8) is 0 Å². The molecule has 0 aliphatic carbocycles. The summed E-state index contributed by atoms with van der Waals surface area (Å²) in [7, 11) is 2.03. The van der Waals surface area contributed by atoms with Gasteiger partial charge in [-0.3, -0.25) is 9.59 Å². The highest BCUT2D eigenvalue weighted by molar-refractivity contribution is 5.87. The molecule has 24 heavy (non-hydrogen) atoms. The van der Waals surface area contributed by atoms with Crippen molar-refractivity contribution >= 4 is 11.8 Å². The molecule has 3 rings (SSSR count). The normalized spacial score (nSPS) is 21.3. The third-order valence-electron chi connectivity index (χ3n) is 5.46. The number of carbonyl (C=O) groups excluding carboxylic acids is 2. The summed E-state index contributed by atoms with van der Waals surface area (Å²) in [6.45, 7) is 2.41. The summed E-state index contributed by atoms with van der Waals surface area (Å²) in [5.74, 6) is -0.824. The lowest BCUT2D eigenvalue weighted by Crippen LogP contribution is -2.60. The number of primary amides is 1. The average molecular weight is 333 g/mol. The van der Waals surface area contributed by atoms with E-state index in [4.69, 9.17) is 5.73 Å². The van der Waals surface area contributed by atoms with Crippen molar-refractivity contribution in [1.29, 1.82) is 0 Å².